The van der Waals surface area contributed by atoms with Crippen molar-refractivity contribution in [1.29, 1.82) is 5.26 Å². The van der Waals surface area contributed by atoms with Crippen LogP contribution >= 0.6 is 0 Å². The van der Waals surface area contributed by atoms with Crippen molar-refractivity contribution in [3.8, 4) is 6.07 Å². The monoisotopic (exact) mass is 170 g/mol. The van der Waals surface area contributed by atoms with Crippen LogP contribution in [-0.4, -0.2) is 35.2 Å². The van der Waals surface area contributed by atoms with Gasteiger partial charge in [0.05, 0.1) is 18.7 Å². The van der Waals surface area contributed by atoms with Crippen molar-refractivity contribution in [3.63, 3.8) is 0 Å². The molecule has 0 amide bonds. The fourth-order valence-corrected chi connectivity index (χ4v) is 1.29. The second-order valence-corrected chi connectivity index (χ2v) is 3.11. The largest absolute Gasteiger partial charge is 0.395 e. The van der Waals surface area contributed by atoms with Gasteiger partial charge < -0.3 is 5.11 Å². The zero-order chi connectivity index (χ0) is 9.56. The van der Waals surface area contributed by atoms with Crippen molar-refractivity contribution < 1.29 is 5.11 Å². The molecule has 0 aliphatic carbocycles. The molecule has 1 atom stereocenters. The Bertz CT molecular complexity index is 151. The van der Waals surface area contributed by atoms with E-state index in [4.69, 9.17) is 10.4 Å². The lowest BCUT2D eigenvalue weighted by Gasteiger charge is -2.29. The Morgan fingerprint density at radius 3 is 2.33 bits per heavy atom. The van der Waals surface area contributed by atoms with Crippen LogP contribution in [0, 0.1) is 11.3 Å². The number of hydrogen-bond donors (Lipinski definition) is 1. The number of aliphatic hydroxyl groups is 1. The highest BCUT2D eigenvalue weighted by atomic mass is 16.3. The lowest BCUT2D eigenvalue weighted by atomic mass is 10.1. The molecule has 0 spiro atoms. The quantitative estimate of drug-likeness (QED) is 0.669. The predicted octanol–water partition coefficient (Wildman–Crippen LogP) is 0.991. The molecule has 1 unspecified atom stereocenters. The highest BCUT2D eigenvalue weighted by Gasteiger charge is 2.17. The number of rotatable bonds is 5. The van der Waals surface area contributed by atoms with E-state index in [-0.39, 0.29) is 12.6 Å². The topological polar surface area (TPSA) is 47.3 Å². The van der Waals surface area contributed by atoms with Crippen LogP contribution in [0.2, 0.25) is 0 Å². The molecule has 0 bridgehead atoms. The summed E-state index contributed by atoms with van der Waals surface area (Å²) in [5.41, 5.74) is 0. The van der Waals surface area contributed by atoms with Crippen LogP contribution in [0.25, 0.3) is 0 Å². The maximum absolute atomic E-state index is 8.80. The molecule has 0 saturated carbocycles. The SMILES string of the molecule is CCC(C#N)N(CCO)C(C)C. The lowest BCUT2D eigenvalue weighted by molar-refractivity contribution is 0.139. The molecule has 0 aliphatic heterocycles. The molecule has 0 rings (SSSR count). The van der Waals surface area contributed by atoms with Gasteiger partial charge in [-0.25, -0.2) is 0 Å². The number of nitriles is 1. The second kappa shape index (κ2) is 5.99. The third-order valence-electron chi connectivity index (χ3n) is 1.96. The Kier molecular flexibility index (Phi) is 5.69. The number of hydrogen-bond acceptors (Lipinski definition) is 3. The van der Waals surface area contributed by atoms with Gasteiger partial charge in [-0.1, -0.05) is 6.92 Å². The molecule has 0 saturated heterocycles. The number of nitrogens with zero attached hydrogens (tertiary/aromatic N) is 2. The molecule has 0 radical (unpaired) electrons. The summed E-state index contributed by atoms with van der Waals surface area (Å²) >= 11 is 0. The standard InChI is InChI=1S/C9H18N2O/c1-4-9(7-10)11(5-6-12)8(2)3/h8-9,12H,4-6H2,1-3H3. The van der Waals surface area contributed by atoms with Crippen molar-refractivity contribution in [1.82, 2.24) is 4.90 Å². The Morgan fingerprint density at radius 2 is 2.08 bits per heavy atom. The minimum absolute atomic E-state index is 0.0582. The van der Waals surface area contributed by atoms with Crippen molar-refractivity contribution in [2.75, 3.05) is 13.2 Å². The fourth-order valence-electron chi connectivity index (χ4n) is 1.29. The molecule has 12 heavy (non-hydrogen) atoms. The van der Waals surface area contributed by atoms with Crippen molar-refractivity contribution in [2.24, 2.45) is 0 Å². The van der Waals surface area contributed by atoms with Gasteiger partial charge in [-0.05, 0) is 20.3 Å². The van der Waals surface area contributed by atoms with Crippen LogP contribution in [0.5, 0.6) is 0 Å². The van der Waals surface area contributed by atoms with E-state index in [9.17, 15) is 0 Å². The van der Waals surface area contributed by atoms with Crippen LogP contribution in [-0.2, 0) is 0 Å². The fraction of sp³-hybridized carbons (Fsp3) is 0.889. The third kappa shape index (κ3) is 3.21. The van der Waals surface area contributed by atoms with Crippen LogP contribution in [0.4, 0.5) is 0 Å². The number of aliphatic hydroxyl groups excluding tert-OH is 1. The Balaban J connectivity index is 4.17. The maximum atomic E-state index is 8.80. The molecule has 0 aliphatic rings. The van der Waals surface area contributed by atoms with Gasteiger partial charge in [0.1, 0.15) is 0 Å². The third-order valence-corrected chi connectivity index (χ3v) is 1.96. The lowest BCUT2D eigenvalue weighted by Crippen LogP contribution is -2.41. The summed E-state index contributed by atoms with van der Waals surface area (Å²) in [6.07, 6.45) is 0.814. The molecule has 0 fully saturated rings. The summed E-state index contributed by atoms with van der Waals surface area (Å²) in [7, 11) is 0. The Hall–Kier alpha value is -0.590. The molecule has 3 heteroatoms. The molecule has 0 aromatic carbocycles. The first-order valence-corrected chi connectivity index (χ1v) is 4.43. The summed E-state index contributed by atoms with van der Waals surface area (Å²) in [4.78, 5) is 2.01. The van der Waals surface area contributed by atoms with Crippen LogP contribution < -0.4 is 0 Å². The molecule has 70 valence electrons. The predicted molar refractivity (Wildman–Crippen MR) is 48.6 cm³/mol. The second-order valence-electron chi connectivity index (χ2n) is 3.11. The van der Waals surface area contributed by atoms with Gasteiger partial charge in [0, 0.05) is 12.6 Å². The molecule has 1 N–H and O–H groups in total. The van der Waals surface area contributed by atoms with E-state index in [1.165, 1.54) is 0 Å². The highest BCUT2D eigenvalue weighted by Crippen LogP contribution is 2.07. The van der Waals surface area contributed by atoms with Crippen LogP contribution in [0.1, 0.15) is 27.2 Å². The summed E-state index contributed by atoms with van der Waals surface area (Å²) in [5, 5.41) is 17.6. The van der Waals surface area contributed by atoms with Gasteiger partial charge in [0.15, 0.2) is 0 Å². The summed E-state index contributed by atoms with van der Waals surface area (Å²) in [5.74, 6) is 0. The zero-order valence-corrected chi connectivity index (χ0v) is 8.12. The highest BCUT2D eigenvalue weighted by molar-refractivity contribution is 4.91. The van der Waals surface area contributed by atoms with E-state index >= 15 is 0 Å². The molecule has 3 nitrogen and oxygen atoms in total. The molecule has 0 heterocycles. The smallest absolute Gasteiger partial charge is 0.0978 e. The van der Waals surface area contributed by atoms with Crippen LogP contribution in [0.3, 0.4) is 0 Å². The minimum Gasteiger partial charge on any atom is -0.395 e. The van der Waals surface area contributed by atoms with E-state index in [2.05, 4.69) is 6.07 Å². The van der Waals surface area contributed by atoms with Gasteiger partial charge >= 0.3 is 0 Å². The molecule has 0 aromatic rings. The maximum Gasteiger partial charge on any atom is 0.0978 e. The van der Waals surface area contributed by atoms with Crippen molar-refractivity contribution in [2.45, 2.75) is 39.3 Å². The molecule has 0 aromatic heterocycles. The van der Waals surface area contributed by atoms with E-state index in [1.54, 1.807) is 0 Å². The average Bonchev–Trinajstić information content (AvgIpc) is 2.05. The van der Waals surface area contributed by atoms with Gasteiger partial charge in [0.2, 0.25) is 0 Å². The van der Waals surface area contributed by atoms with E-state index in [0.717, 1.165) is 6.42 Å². The normalized spacial score (nSPS) is 13.4. The van der Waals surface area contributed by atoms with Gasteiger partial charge in [-0.15, -0.1) is 0 Å². The van der Waals surface area contributed by atoms with Crippen LogP contribution in [0.15, 0.2) is 0 Å². The zero-order valence-electron chi connectivity index (χ0n) is 8.12. The van der Waals surface area contributed by atoms with E-state index < -0.39 is 0 Å². The summed E-state index contributed by atoms with van der Waals surface area (Å²) in [6, 6.07) is 2.50. The first-order chi connectivity index (χ1) is 5.67. The summed E-state index contributed by atoms with van der Waals surface area (Å²) in [6.45, 7) is 6.77. The summed E-state index contributed by atoms with van der Waals surface area (Å²) < 4.78 is 0. The van der Waals surface area contributed by atoms with E-state index in [1.807, 2.05) is 25.7 Å². The van der Waals surface area contributed by atoms with Gasteiger partial charge in [-0.2, -0.15) is 5.26 Å². The van der Waals surface area contributed by atoms with Gasteiger partial charge in [-0.3, -0.25) is 4.90 Å². The molecular formula is C9H18N2O. The van der Waals surface area contributed by atoms with Gasteiger partial charge in [0.25, 0.3) is 0 Å². The van der Waals surface area contributed by atoms with Crippen molar-refractivity contribution >= 4 is 0 Å². The molecular weight excluding hydrogens is 152 g/mol. The Labute approximate surface area is 74.6 Å². The Morgan fingerprint density at radius 1 is 1.50 bits per heavy atom. The first kappa shape index (κ1) is 11.4. The van der Waals surface area contributed by atoms with E-state index in [0.29, 0.717) is 12.6 Å². The minimum atomic E-state index is -0.0582. The first-order valence-electron chi connectivity index (χ1n) is 4.43. The van der Waals surface area contributed by atoms with Crippen molar-refractivity contribution in [3.05, 3.63) is 0 Å². The average molecular weight is 170 g/mol.